The average Bonchev–Trinajstić information content (AvgIpc) is 3.08. The van der Waals surface area contributed by atoms with Gasteiger partial charge in [-0.2, -0.15) is 0 Å². The van der Waals surface area contributed by atoms with Gasteiger partial charge in [-0.3, -0.25) is 9.59 Å². The summed E-state index contributed by atoms with van der Waals surface area (Å²) >= 11 is 0. The predicted octanol–water partition coefficient (Wildman–Crippen LogP) is 2.55. The molecule has 2 heteroatoms. The molecule has 82 valence electrons. The largest absolute Gasteiger partial charge is 0.290 e. The monoisotopic (exact) mass is 214 g/mol. The summed E-state index contributed by atoms with van der Waals surface area (Å²) in [5, 5.41) is 0. The SMILES string of the molecule is O=C1C(=O)C2(CCCc3ccccc31)CC2. The van der Waals surface area contributed by atoms with E-state index in [0.717, 1.165) is 37.7 Å². The van der Waals surface area contributed by atoms with Gasteiger partial charge in [0.25, 0.3) is 0 Å². The van der Waals surface area contributed by atoms with E-state index in [4.69, 9.17) is 0 Å². The topological polar surface area (TPSA) is 34.1 Å². The van der Waals surface area contributed by atoms with Crippen molar-refractivity contribution >= 4 is 11.6 Å². The fourth-order valence-electron chi connectivity index (χ4n) is 2.68. The molecule has 2 nitrogen and oxygen atoms in total. The van der Waals surface area contributed by atoms with E-state index in [-0.39, 0.29) is 17.0 Å². The molecule has 1 fully saturated rings. The van der Waals surface area contributed by atoms with Gasteiger partial charge in [-0.25, -0.2) is 0 Å². The van der Waals surface area contributed by atoms with Crippen LogP contribution in [0.4, 0.5) is 0 Å². The molecule has 1 saturated carbocycles. The Kier molecular flexibility index (Phi) is 2.00. The maximum atomic E-state index is 12.1. The molecule has 0 bridgehead atoms. The molecule has 0 radical (unpaired) electrons. The Labute approximate surface area is 94.7 Å². The van der Waals surface area contributed by atoms with Gasteiger partial charge >= 0.3 is 0 Å². The second-order valence-electron chi connectivity index (χ2n) is 4.95. The van der Waals surface area contributed by atoms with Crippen LogP contribution in [0.25, 0.3) is 0 Å². The molecule has 0 aliphatic heterocycles. The Morgan fingerprint density at radius 3 is 2.50 bits per heavy atom. The molecular weight excluding hydrogens is 200 g/mol. The number of carbonyl (C=O) groups excluding carboxylic acids is 2. The Balaban J connectivity index is 2.06. The summed E-state index contributed by atoms with van der Waals surface area (Å²) in [6, 6.07) is 7.53. The van der Waals surface area contributed by atoms with Gasteiger partial charge in [0.1, 0.15) is 0 Å². The first-order valence-corrected chi connectivity index (χ1v) is 5.90. The van der Waals surface area contributed by atoms with Gasteiger partial charge < -0.3 is 0 Å². The molecule has 2 aliphatic rings. The minimum absolute atomic E-state index is 0.139. The quantitative estimate of drug-likeness (QED) is 0.622. The highest BCUT2D eigenvalue weighted by molar-refractivity contribution is 6.46. The summed E-state index contributed by atoms with van der Waals surface area (Å²) in [7, 11) is 0. The summed E-state index contributed by atoms with van der Waals surface area (Å²) in [6.07, 6.45) is 4.68. The zero-order valence-electron chi connectivity index (χ0n) is 9.16. The van der Waals surface area contributed by atoms with Crippen molar-refractivity contribution in [2.75, 3.05) is 0 Å². The van der Waals surface area contributed by atoms with Crippen LogP contribution in [0.2, 0.25) is 0 Å². The molecule has 0 N–H and O–H groups in total. The van der Waals surface area contributed by atoms with Gasteiger partial charge in [-0.1, -0.05) is 24.3 Å². The van der Waals surface area contributed by atoms with Crippen LogP contribution in [-0.2, 0) is 11.2 Å². The molecule has 0 heterocycles. The number of hydrogen-bond donors (Lipinski definition) is 0. The molecule has 1 aromatic rings. The average molecular weight is 214 g/mol. The van der Waals surface area contributed by atoms with Crippen LogP contribution in [0, 0.1) is 5.41 Å². The summed E-state index contributed by atoms with van der Waals surface area (Å²) in [5.74, 6) is -0.396. The lowest BCUT2D eigenvalue weighted by atomic mass is 9.83. The van der Waals surface area contributed by atoms with E-state index >= 15 is 0 Å². The van der Waals surface area contributed by atoms with E-state index in [1.807, 2.05) is 18.2 Å². The van der Waals surface area contributed by atoms with Gasteiger partial charge in [0.2, 0.25) is 11.6 Å². The number of ketones is 2. The minimum Gasteiger partial charge on any atom is -0.290 e. The normalized spacial score (nSPS) is 22.5. The first kappa shape index (κ1) is 9.76. The Bertz CT molecular complexity index is 469. The molecular formula is C14H14O2. The number of Topliss-reactive ketones (excluding diaryl/α,β-unsaturated/α-hetero) is 2. The van der Waals surface area contributed by atoms with Gasteiger partial charge in [-0.15, -0.1) is 0 Å². The van der Waals surface area contributed by atoms with Crippen molar-refractivity contribution in [3.63, 3.8) is 0 Å². The van der Waals surface area contributed by atoms with Gasteiger partial charge in [0, 0.05) is 11.0 Å². The molecule has 0 aromatic heterocycles. The fraction of sp³-hybridized carbons (Fsp3) is 0.429. The highest BCUT2D eigenvalue weighted by Gasteiger charge is 2.52. The van der Waals surface area contributed by atoms with Crippen LogP contribution < -0.4 is 0 Å². The highest BCUT2D eigenvalue weighted by atomic mass is 16.2. The summed E-state index contributed by atoms with van der Waals surface area (Å²) < 4.78 is 0. The fourth-order valence-corrected chi connectivity index (χ4v) is 2.68. The van der Waals surface area contributed by atoms with Gasteiger partial charge in [-0.05, 0) is 37.7 Å². The van der Waals surface area contributed by atoms with Crippen LogP contribution in [0.1, 0.15) is 41.6 Å². The van der Waals surface area contributed by atoms with E-state index in [1.165, 1.54) is 0 Å². The third kappa shape index (κ3) is 1.33. The Morgan fingerprint density at radius 1 is 1.00 bits per heavy atom. The molecule has 0 atom stereocenters. The van der Waals surface area contributed by atoms with Crippen LogP contribution in [0.5, 0.6) is 0 Å². The third-order valence-electron chi connectivity index (χ3n) is 3.90. The second kappa shape index (κ2) is 3.27. The molecule has 0 amide bonds. The van der Waals surface area contributed by atoms with Crippen molar-refractivity contribution < 1.29 is 9.59 Å². The lowest BCUT2D eigenvalue weighted by Crippen LogP contribution is -2.28. The Hall–Kier alpha value is -1.44. The van der Waals surface area contributed by atoms with Crippen LogP contribution in [-0.4, -0.2) is 11.6 Å². The standard InChI is InChI=1S/C14H14O2/c15-12-11-6-2-1-4-10(11)5-3-7-14(8-9-14)13(12)16/h1-2,4,6H,3,5,7-9H2. The number of fused-ring (bicyclic) bond motifs is 1. The first-order valence-electron chi connectivity index (χ1n) is 5.90. The molecule has 1 spiro atoms. The summed E-state index contributed by atoms with van der Waals surface area (Å²) in [4.78, 5) is 24.2. The van der Waals surface area contributed by atoms with Crippen molar-refractivity contribution in [1.82, 2.24) is 0 Å². The maximum Gasteiger partial charge on any atom is 0.229 e. The third-order valence-corrected chi connectivity index (χ3v) is 3.90. The molecule has 0 saturated heterocycles. The number of benzene rings is 1. The van der Waals surface area contributed by atoms with Crippen LogP contribution >= 0.6 is 0 Å². The van der Waals surface area contributed by atoms with Gasteiger partial charge in [0.05, 0.1) is 0 Å². The van der Waals surface area contributed by atoms with E-state index in [0.29, 0.717) is 5.56 Å². The Morgan fingerprint density at radius 2 is 1.75 bits per heavy atom. The molecule has 3 rings (SSSR count). The van der Waals surface area contributed by atoms with Crippen molar-refractivity contribution in [3.8, 4) is 0 Å². The number of carbonyl (C=O) groups is 2. The van der Waals surface area contributed by atoms with Crippen LogP contribution in [0.15, 0.2) is 24.3 Å². The van der Waals surface area contributed by atoms with Crippen molar-refractivity contribution in [1.29, 1.82) is 0 Å². The van der Waals surface area contributed by atoms with Crippen molar-refractivity contribution in [3.05, 3.63) is 35.4 Å². The zero-order chi connectivity index (χ0) is 11.2. The van der Waals surface area contributed by atoms with Crippen molar-refractivity contribution in [2.45, 2.75) is 32.1 Å². The lowest BCUT2D eigenvalue weighted by molar-refractivity contribution is -0.120. The predicted molar refractivity (Wildman–Crippen MR) is 60.4 cm³/mol. The zero-order valence-corrected chi connectivity index (χ0v) is 9.16. The van der Waals surface area contributed by atoms with E-state index in [1.54, 1.807) is 6.07 Å². The molecule has 16 heavy (non-hydrogen) atoms. The van der Waals surface area contributed by atoms with E-state index in [2.05, 4.69) is 0 Å². The highest BCUT2D eigenvalue weighted by Crippen LogP contribution is 2.51. The minimum atomic E-state index is -0.259. The van der Waals surface area contributed by atoms with Crippen molar-refractivity contribution in [2.24, 2.45) is 5.41 Å². The molecule has 0 unspecified atom stereocenters. The van der Waals surface area contributed by atoms with E-state index in [9.17, 15) is 9.59 Å². The molecule has 1 aromatic carbocycles. The number of rotatable bonds is 0. The van der Waals surface area contributed by atoms with Crippen LogP contribution in [0.3, 0.4) is 0 Å². The van der Waals surface area contributed by atoms with Gasteiger partial charge in [0.15, 0.2) is 0 Å². The summed E-state index contributed by atoms with van der Waals surface area (Å²) in [6.45, 7) is 0. The number of hydrogen-bond acceptors (Lipinski definition) is 2. The maximum absolute atomic E-state index is 12.1. The number of aryl methyl sites for hydroxylation is 1. The van der Waals surface area contributed by atoms with E-state index < -0.39 is 0 Å². The smallest absolute Gasteiger partial charge is 0.229 e. The molecule has 2 aliphatic carbocycles. The second-order valence-corrected chi connectivity index (χ2v) is 4.95. The first-order chi connectivity index (χ1) is 7.73. The summed E-state index contributed by atoms with van der Waals surface area (Å²) in [5.41, 5.74) is 1.42. The lowest BCUT2D eigenvalue weighted by Gasteiger charge is -2.18.